The van der Waals surface area contributed by atoms with Crippen LogP contribution in [-0.4, -0.2) is 35.1 Å². The predicted octanol–water partition coefficient (Wildman–Crippen LogP) is 2.85. The van der Waals surface area contributed by atoms with E-state index >= 15 is 0 Å². The Morgan fingerprint density at radius 2 is 2.23 bits per heavy atom. The van der Waals surface area contributed by atoms with Crippen LogP contribution in [0.25, 0.3) is 0 Å². The Kier molecular flexibility index (Phi) is 3.54. The molecule has 1 heterocycles. The van der Waals surface area contributed by atoms with Crippen LogP contribution in [0.3, 0.4) is 0 Å². The van der Waals surface area contributed by atoms with E-state index in [2.05, 4.69) is 5.32 Å². The number of carbonyl (C=O) groups is 2. The fraction of sp³-hybridized carbons (Fsp3) is 0.500. The Balaban J connectivity index is 1.75. The normalized spacial score (nSPS) is 26.8. The number of amides is 2. The first-order valence-corrected chi connectivity index (χ1v) is 7.48. The Labute approximate surface area is 128 Å². The second-order valence-corrected chi connectivity index (χ2v) is 6.32. The van der Waals surface area contributed by atoms with Crippen LogP contribution in [0, 0.1) is 24.1 Å². The number of aryl methyl sites for hydroxylation is 1. The summed E-state index contributed by atoms with van der Waals surface area (Å²) in [6, 6.07) is 3.85. The third kappa shape index (κ3) is 2.32. The molecule has 1 aliphatic heterocycles. The van der Waals surface area contributed by atoms with E-state index in [9.17, 15) is 19.1 Å². The highest BCUT2D eigenvalue weighted by atomic mass is 19.1. The molecule has 0 radical (unpaired) electrons. The minimum absolute atomic E-state index is 0.0179. The number of aliphatic carboxylic acids is 1. The third-order valence-electron chi connectivity index (χ3n) is 5.03. The summed E-state index contributed by atoms with van der Waals surface area (Å²) in [6.45, 7) is 2.46. The zero-order valence-electron chi connectivity index (χ0n) is 12.4. The number of fused-ring (bicyclic) bond motifs is 1. The summed E-state index contributed by atoms with van der Waals surface area (Å²) in [5, 5.41) is 12.2. The number of anilines is 1. The zero-order valence-corrected chi connectivity index (χ0v) is 12.4. The highest BCUT2D eigenvalue weighted by Crippen LogP contribution is 2.48. The number of carboxylic acid groups (broad SMARTS) is 1. The van der Waals surface area contributed by atoms with Gasteiger partial charge in [-0.3, -0.25) is 4.79 Å². The number of urea groups is 1. The van der Waals surface area contributed by atoms with Gasteiger partial charge in [-0.15, -0.1) is 0 Å². The second-order valence-electron chi connectivity index (χ2n) is 6.32. The third-order valence-corrected chi connectivity index (χ3v) is 5.03. The van der Waals surface area contributed by atoms with Crippen molar-refractivity contribution in [2.45, 2.75) is 26.2 Å². The van der Waals surface area contributed by atoms with Crippen LogP contribution in [-0.2, 0) is 4.79 Å². The molecular formula is C16H19FN2O3. The molecule has 1 saturated heterocycles. The largest absolute Gasteiger partial charge is 0.481 e. The average Bonchev–Trinajstić information content (AvgIpc) is 3.00. The topological polar surface area (TPSA) is 69.6 Å². The number of carboxylic acids is 1. The number of carbonyl (C=O) groups excluding carboxylic acids is 1. The van der Waals surface area contributed by atoms with E-state index in [1.807, 2.05) is 0 Å². The van der Waals surface area contributed by atoms with Crippen LogP contribution in [0.2, 0.25) is 0 Å². The molecule has 5 nitrogen and oxygen atoms in total. The molecule has 2 N–H and O–H groups in total. The molecule has 1 saturated carbocycles. The Bertz CT molecular complexity index is 634. The lowest BCUT2D eigenvalue weighted by Gasteiger charge is -2.23. The number of halogens is 1. The van der Waals surface area contributed by atoms with E-state index in [0.717, 1.165) is 18.4 Å². The zero-order chi connectivity index (χ0) is 15.9. The van der Waals surface area contributed by atoms with E-state index in [4.69, 9.17) is 0 Å². The summed E-state index contributed by atoms with van der Waals surface area (Å²) in [6.07, 6.45) is 2.36. The van der Waals surface area contributed by atoms with Crippen LogP contribution in [0.15, 0.2) is 18.2 Å². The monoisotopic (exact) mass is 306 g/mol. The lowest BCUT2D eigenvalue weighted by molar-refractivity contribution is -0.149. The van der Waals surface area contributed by atoms with Gasteiger partial charge in [0.2, 0.25) is 0 Å². The van der Waals surface area contributed by atoms with Crippen molar-refractivity contribution in [1.82, 2.24) is 4.90 Å². The maximum Gasteiger partial charge on any atom is 0.321 e. The summed E-state index contributed by atoms with van der Waals surface area (Å²) in [7, 11) is 0. The Morgan fingerprint density at radius 3 is 2.91 bits per heavy atom. The lowest BCUT2D eigenvalue weighted by Crippen LogP contribution is -2.38. The first-order valence-electron chi connectivity index (χ1n) is 7.48. The molecule has 6 heteroatoms. The summed E-state index contributed by atoms with van der Waals surface area (Å²) in [5.74, 6) is -1.21. The molecule has 2 fully saturated rings. The number of hydrogen-bond donors (Lipinski definition) is 2. The lowest BCUT2D eigenvalue weighted by atomic mass is 9.81. The molecule has 1 aromatic rings. The molecule has 118 valence electrons. The molecule has 0 unspecified atom stereocenters. The van der Waals surface area contributed by atoms with Crippen molar-refractivity contribution in [3.63, 3.8) is 0 Å². The molecule has 0 spiro atoms. The molecule has 22 heavy (non-hydrogen) atoms. The van der Waals surface area contributed by atoms with Gasteiger partial charge in [0, 0.05) is 18.8 Å². The number of likely N-dealkylation sites (tertiary alicyclic amines) is 1. The number of benzene rings is 1. The number of nitrogens with zero attached hydrogens (tertiary/aromatic N) is 1. The smallest absolute Gasteiger partial charge is 0.321 e. The average molecular weight is 306 g/mol. The van der Waals surface area contributed by atoms with E-state index in [1.165, 1.54) is 12.1 Å². The maximum atomic E-state index is 13.3. The Hall–Kier alpha value is -2.11. The van der Waals surface area contributed by atoms with Crippen LogP contribution < -0.4 is 5.32 Å². The van der Waals surface area contributed by atoms with Gasteiger partial charge in [0.05, 0.1) is 5.41 Å². The van der Waals surface area contributed by atoms with Crippen molar-refractivity contribution in [3.05, 3.63) is 29.6 Å². The van der Waals surface area contributed by atoms with Crippen LogP contribution >= 0.6 is 0 Å². The standard InChI is InChI=1S/C16H19FN2O3/c1-10-4-5-12(17)7-13(10)18-15(22)19-8-11-3-2-6-16(11,9-19)14(20)21/h4-5,7,11H,2-3,6,8-9H2,1H3,(H,18,22)(H,20,21)/t11-,16+/m0/s1. The molecule has 1 aliphatic carbocycles. The van der Waals surface area contributed by atoms with E-state index < -0.39 is 17.2 Å². The van der Waals surface area contributed by atoms with Gasteiger partial charge in [0.25, 0.3) is 0 Å². The molecule has 1 aromatic carbocycles. The summed E-state index contributed by atoms with van der Waals surface area (Å²) < 4.78 is 13.3. The van der Waals surface area contributed by atoms with Crippen LogP contribution in [0.4, 0.5) is 14.9 Å². The fourth-order valence-corrected chi connectivity index (χ4v) is 3.72. The SMILES string of the molecule is Cc1ccc(F)cc1NC(=O)N1C[C@@H]2CCC[C@@]2(C(=O)O)C1. The highest BCUT2D eigenvalue weighted by Gasteiger charge is 2.55. The first-order chi connectivity index (χ1) is 10.4. The molecule has 2 amide bonds. The molecule has 0 aromatic heterocycles. The van der Waals surface area contributed by atoms with Gasteiger partial charge in [-0.05, 0) is 43.4 Å². The quantitative estimate of drug-likeness (QED) is 0.882. The molecule has 3 rings (SSSR count). The molecule has 0 bridgehead atoms. The van der Waals surface area contributed by atoms with Crippen LogP contribution in [0.5, 0.6) is 0 Å². The molecular weight excluding hydrogens is 287 g/mol. The van der Waals surface area contributed by atoms with Crippen molar-refractivity contribution >= 4 is 17.7 Å². The molecule has 2 aliphatic rings. The second kappa shape index (κ2) is 5.26. The van der Waals surface area contributed by atoms with Crippen molar-refractivity contribution < 1.29 is 19.1 Å². The summed E-state index contributed by atoms with van der Waals surface area (Å²) >= 11 is 0. The van der Waals surface area contributed by atoms with Gasteiger partial charge in [0.1, 0.15) is 5.82 Å². The molecule has 2 atom stereocenters. The van der Waals surface area contributed by atoms with Gasteiger partial charge in [-0.25, -0.2) is 9.18 Å². The van der Waals surface area contributed by atoms with E-state index in [-0.39, 0.29) is 18.5 Å². The number of nitrogens with one attached hydrogen (secondary N) is 1. The fourth-order valence-electron chi connectivity index (χ4n) is 3.72. The van der Waals surface area contributed by atoms with E-state index in [1.54, 1.807) is 17.9 Å². The minimum atomic E-state index is -0.813. The van der Waals surface area contributed by atoms with Gasteiger partial charge in [0.15, 0.2) is 0 Å². The van der Waals surface area contributed by atoms with Gasteiger partial charge >= 0.3 is 12.0 Å². The predicted molar refractivity (Wildman–Crippen MR) is 79.1 cm³/mol. The van der Waals surface area contributed by atoms with Crippen LogP contribution in [0.1, 0.15) is 24.8 Å². The van der Waals surface area contributed by atoms with Crippen molar-refractivity contribution in [2.24, 2.45) is 11.3 Å². The number of hydrogen-bond acceptors (Lipinski definition) is 2. The number of rotatable bonds is 2. The minimum Gasteiger partial charge on any atom is -0.481 e. The van der Waals surface area contributed by atoms with E-state index in [0.29, 0.717) is 18.7 Å². The van der Waals surface area contributed by atoms with Gasteiger partial charge < -0.3 is 15.3 Å². The highest BCUT2D eigenvalue weighted by molar-refractivity contribution is 5.91. The van der Waals surface area contributed by atoms with Crippen molar-refractivity contribution in [2.75, 3.05) is 18.4 Å². The maximum absolute atomic E-state index is 13.3. The first kappa shape index (κ1) is 14.8. The van der Waals surface area contributed by atoms with Gasteiger partial charge in [-0.2, -0.15) is 0 Å². The van der Waals surface area contributed by atoms with Gasteiger partial charge in [-0.1, -0.05) is 12.5 Å². The van der Waals surface area contributed by atoms with Crippen molar-refractivity contribution in [1.29, 1.82) is 0 Å². The Morgan fingerprint density at radius 1 is 1.45 bits per heavy atom. The summed E-state index contributed by atoms with van der Waals surface area (Å²) in [5.41, 5.74) is 0.391. The summed E-state index contributed by atoms with van der Waals surface area (Å²) in [4.78, 5) is 25.5. The van der Waals surface area contributed by atoms with Crippen molar-refractivity contribution in [3.8, 4) is 0 Å².